The molecule has 16 heavy (non-hydrogen) atoms. The van der Waals surface area contributed by atoms with Gasteiger partial charge in [0.15, 0.2) is 0 Å². The van der Waals surface area contributed by atoms with Crippen LogP contribution in [0.25, 0.3) is 0 Å². The normalized spacial score (nSPS) is 19.0. The average Bonchev–Trinajstić information content (AvgIpc) is 2.99. The van der Waals surface area contributed by atoms with Crippen molar-refractivity contribution in [1.29, 1.82) is 0 Å². The predicted molar refractivity (Wildman–Crippen MR) is 61.5 cm³/mol. The molecule has 0 N–H and O–H groups in total. The maximum atomic E-state index is 5.24. The van der Waals surface area contributed by atoms with E-state index in [9.17, 15) is 0 Å². The summed E-state index contributed by atoms with van der Waals surface area (Å²) >= 11 is 0. The van der Waals surface area contributed by atoms with E-state index in [-0.39, 0.29) is 12.4 Å². The molecule has 1 aromatic carbocycles. The van der Waals surface area contributed by atoms with Crippen molar-refractivity contribution < 1.29 is 21.6 Å². The van der Waals surface area contributed by atoms with Crippen LogP contribution < -0.4 is 12.4 Å². The van der Waals surface area contributed by atoms with Gasteiger partial charge in [0, 0.05) is 12.0 Å². The predicted octanol–water partition coefficient (Wildman–Crippen LogP) is -0.944. The minimum Gasteiger partial charge on any atom is -1.00 e. The highest BCUT2D eigenvalue weighted by Crippen LogP contribution is 2.17. The summed E-state index contributed by atoms with van der Waals surface area (Å²) in [6.45, 7) is 3.28. The fraction of sp³-hybridized carbons (Fsp3) is 0.538. The van der Waals surface area contributed by atoms with E-state index >= 15 is 0 Å². The summed E-state index contributed by atoms with van der Waals surface area (Å²) in [7, 11) is 4.57. The molecule has 1 aliphatic rings. The first-order valence-corrected chi connectivity index (χ1v) is 5.63. The van der Waals surface area contributed by atoms with Crippen LogP contribution >= 0.6 is 0 Å². The Labute approximate surface area is 104 Å². The lowest BCUT2D eigenvalue weighted by atomic mass is 10.2. The number of epoxide rings is 1. The Bertz CT molecular complexity index is 309. The second-order valence-electron chi connectivity index (χ2n) is 5.05. The van der Waals surface area contributed by atoms with E-state index in [4.69, 9.17) is 4.74 Å². The van der Waals surface area contributed by atoms with Crippen LogP contribution in [0.5, 0.6) is 0 Å². The standard InChI is InChI=1S/C13H20NO.ClH/c1-14(2,9-8-13-11-15-13)10-12-6-4-3-5-7-12;/h3-7,13H,8-11H2,1-2H3;1H/q+1;/p-1. The zero-order chi connectivity index (χ0) is 10.7. The Balaban J connectivity index is 0.00000128. The van der Waals surface area contributed by atoms with Gasteiger partial charge in [-0.1, -0.05) is 30.3 Å². The number of halogens is 1. The van der Waals surface area contributed by atoms with Gasteiger partial charge in [0.05, 0.1) is 33.4 Å². The number of hydrogen-bond acceptors (Lipinski definition) is 1. The lowest BCUT2D eigenvalue weighted by molar-refractivity contribution is -0.903. The van der Waals surface area contributed by atoms with Gasteiger partial charge in [0.25, 0.3) is 0 Å². The molecule has 3 heteroatoms. The molecule has 0 saturated carbocycles. The maximum Gasteiger partial charge on any atom is 0.104 e. The van der Waals surface area contributed by atoms with Crippen LogP contribution in [0, 0.1) is 0 Å². The smallest absolute Gasteiger partial charge is 0.104 e. The van der Waals surface area contributed by atoms with Gasteiger partial charge in [-0.2, -0.15) is 0 Å². The van der Waals surface area contributed by atoms with Crippen molar-refractivity contribution in [3.05, 3.63) is 35.9 Å². The first-order chi connectivity index (χ1) is 7.16. The van der Waals surface area contributed by atoms with E-state index in [2.05, 4.69) is 44.4 Å². The second kappa shape index (κ2) is 5.67. The van der Waals surface area contributed by atoms with Gasteiger partial charge < -0.3 is 21.6 Å². The minimum atomic E-state index is 0. The molecule has 1 atom stereocenters. The van der Waals surface area contributed by atoms with Gasteiger partial charge in [0.1, 0.15) is 6.54 Å². The van der Waals surface area contributed by atoms with E-state index < -0.39 is 0 Å². The van der Waals surface area contributed by atoms with Crippen LogP contribution in [-0.4, -0.2) is 37.8 Å². The quantitative estimate of drug-likeness (QED) is 0.479. The molecule has 1 unspecified atom stereocenters. The summed E-state index contributed by atoms with van der Waals surface area (Å²) in [5.74, 6) is 0. The summed E-state index contributed by atoms with van der Waals surface area (Å²) in [4.78, 5) is 0. The SMILES string of the molecule is C[N+](C)(CCC1CO1)Cc1ccccc1.[Cl-]. The second-order valence-corrected chi connectivity index (χ2v) is 5.05. The average molecular weight is 242 g/mol. The summed E-state index contributed by atoms with van der Waals surface area (Å²) in [5.41, 5.74) is 1.42. The van der Waals surface area contributed by atoms with Crippen LogP contribution in [0.2, 0.25) is 0 Å². The van der Waals surface area contributed by atoms with E-state index in [0.29, 0.717) is 6.10 Å². The van der Waals surface area contributed by atoms with Crippen molar-refractivity contribution in [2.45, 2.75) is 19.1 Å². The molecule has 1 fully saturated rings. The summed E-state index contributed by atoms with van der Waals surface area (Å²) in [6.07, 6.45) is 1.75. The fourth-order valence-corrected chi connectivity index (χ4v) is 1.88. The molecule has 0 aromatic heterocycles. The Kier molecular flexibility index (Phi) is 4.78. The van der Waals surface area contributed by atoms with Crippen molar-refractivity contribution in [3.8, 4) is 0 Å². The molecule has 1 saturated heterocycles. The van der Waals surface area contributed by atoms with Crippen LogP contribution in [0.15, 0.2) is 30.3 Å². The molecule has 0 amide bonds. The van der Waals surface area contributed by atoms with Gasteiger partial charge in [0.2, 0.25) is 0 Å². The topological polar surface area (TPSA) is 12.5 Å². The molecule has 0 radical (unpaired) electrons. The number of nitrogens with zero attached hydrogens (tertiary/aromatic N) is 1. The van der Waals surface area contributed by atoms with E-state index in [1.807, 2.05) is 0 Å². The van der Waals surface area contributed by atoms with Crippen LogP contribution in [-0.2, 0) is 11.3 Å². The molecule has 90 valence electrons. The zero-order valence-electron chi connectivity index (χ0n) is 10.0. The number of benzene rings is 1. The molecule has 0 spiro atoms. The number of rotatable bonds is 5. The van der Waals surface area contributed by atoms with Crippen molar-refractivity contribution in [1.82, 2.24) is 0 Å². The molecule has 1 aromatic rings. The number of quaternary nitrogens is 1. The highest BCUT2D eigenvalue weighted by molar-refractivity contribution is 5.13. The third-order valence-corrected chi connectivity index (χ3v) is 2.91. The summed E-state index contributed by atoms with van der Waals surface area (Å²) in [5, 5.41) is 0. The number of hydrogen-bond donors (Lipinski definition) is 0. The van der Waals surface area contributed by atoms with Crippen LogP contribution in [0.4, 0.5) is 0 Å². The lowest BCUT2D eigenvalue weighted by Gasteiger charge is -2.29. The molecular weight excluding hydrogens is 222 g/mol. The fourth-order valence-electron chi connectivity index (χ4n) is 1.88. The molecule has 0 bridgehead atoms. The third kappa shape index (κ3) is 4.52. The Hall–Kier alpha value is -0.570. The first kappa shape index (κ1) is 13.5. The van der Waals surface area contributed by atoms with Gasteiger partial charge in [-0.05, 0) is 0 Å². The van der Waals surface area contributed by atoms with Crippen molar-refractivity contribution in [2.24, 2.45) is 0 Å². The van der Waals surface area contributed by atoms with E-state index in [1.165, 1.54) is 18.5 Å². The van der Waals surface area contributed by atoms with Crippen molar-refractivity contribution >= 4 is 0 Å². The van der Waals surface area contributed by atoms with Crippen molar-refractivity contribution in [2.75, 3.05) is 27.2 Å². The van der Waals surface area contributed by atoms with Gasteiger partial charge in [-0.15, -0.1) is 0 Å². The molecule has 0 aliphatic carbocycles. The molecular formula is C13H20ClNO. The number of ether oxygens (including phenoxy) is 1. The van der Waals surface area contributed by atoms with Crippen molar-refractivity contribution in [3.63, 3.8) is 0 Å². The molecule has 2 nitrogen and oxygen atoms in total. The van der Waals surface area contributed by atoms with Gasteiger partial charge in [-0.3, -0.25) is 0 Å². The summed E-state index contributed by atoms with van der Waals surface area (Å²) < 4.78 is 6.29. The molecule has 1 aliphatic heterocycles. The van der Waals surface area contributed by atoms with E-state index in [1.54, 1.807) is 0 Å². The minimum absolute atomic E-state index is 0. The van der Waals surface area contributed by atoms with Gasteiger partial charge >= 0.3 is 0 Å². The molecule has 1 heterocycles. The Morgan fingerprint density at radius 2 is 1.88 bits per heavy atom. The van der Waals surface area contributed by atoms with Gasteiger partial charge in [-0.25, -0.2) is 0 Å². The van der Waals surface area contributed by atoms with Crippen LogP contribution in [0.3, 0.4) is 0 Å². The largest absolute Gasteiger partial charge is 1.00 e. The highest BCUT2D eigenvalue weighted by Gasteiger charge is 2.26. The highest BCUT2D eigenvalue weighted by atomic mass is 35.5. The third-order valence-electron chi connectivity index (χ3n) is 2.91. The lowest BCUT2D eigenvalue weighted by Crippen LogP contribution is -3.00. The van der Waals surface area contributed by atoms with Crippen LogP contribution in [0.1, 0.15) is 12.0 Å². The summed E-state index contributed by atoms with van der Waals surface area (Å²) in [6, 6.07) is 10.7. The molecule has 2 rings (SSSR count). The first-order valence-electron chi connectivity index (χ1n) is 5.63. The Morgan fingerprint density at radius 3 is 2.44 bits per heavy atom. The maximum absolute atomic E-state index is 5.24. The Morgan fingerprint density at radius 1 is 1.25 bits per heavy atom. The monoisotopic (exact) mass is 241 g/mol. The zero-order valence-corrected chi connectivity index (χ0v) is 10.8. The van der Waals surface area contributed by atoms with E-state index in [0.717, 1.165) is 17.6 Å².